The predicted molar refractivity (Wildman–Crippen MR) is 74.6 cm³/mol. The average Bonchev–Trinajstić information content (AvgIpc) is 2.58. The number of nitrogens with one attached hydrogen (secondary N) is 1. The lowest BCUT2D eigenvalue weighted by atomic mass is 9.87. The fraction of sp³-hybridized carbons (Fsp3) is 0.571. The summed E-state index contributed by atoms with van der Waals surface area (Å²) in [7, 11) is -3.17. The fourth-order valence-corrected chi connectivity index (χ4v) is 3.54. The van der Waals surface area contributed by atoms with Gasteiger partial charge in [-0.2, -0.15) is 0 Å². The van der Waals surface area contributed by atoms with E-state index in [1.54, 1.807) is 12.1 Å². The Morgan fingerprint density at radius 1 is 1.28 bits per heavy atom. The number of hydrogen-bond acceptors (Lipinski definition) is 3. The Labute approximate surface area is 110 Å². The Kier molecular flexibility index (Phi) is 3.41. The van der Waals surface area contributed by atoms with Crippen molar-refractivity contribution in [3.8, 4) is 0 Å². The molecule has 0 saturated heterocycles. The third kappa shape index (κ3) is 2.69. The van der Waals surface area contributed by atoms with Crippen molar-refractivity contribution in [3.05, 3.63) is 24.3 Å². The van der Waals surface area contributed by atoms with E-state index in [2.05, 4.69) is 19.2 Å². The van der Waals surface area contributed by atoms with Crippen LogP contribution in [0.3, 0.4) is 0 Å². The molecular formula is C14H21NO2S. The van der Waals surface area contributed by atoms with Crippen molar-refractivity contribution < 1.29 is 8.42 Å². The smallest absolute Gasteiger partial charge is 0.177 e. The maximum Gasteiger partial charge on any atom is 0.177 e. The SMILES string of the molecule is CC1(C)CCCC1Nc1ccccc1S(C)(=O)=O. The molecule has 1 aliphatic rings. The van der Waals surface area contributed by atoms with E-state index in [1.807, 2.05) is 12.1 Å². The number of rotatable bonds is 3. The Balaban J connectivity index is 2.30. The van der Waals surface area contributed by atoms with Crippen LogP contribution in [0.5, 0.6) is 0 Å². The number of anilines is 1. The monoisotopic (exact) mass is 267 g/mol. The largest absolute Gasteiger partial charge is 0.381 e. The molecule has 3 nitrogen and oxygen atoms in total. The highest BCUT2D eigenvalue weighted by Gasteiger charge is 2.34. The highest BCUT2D eigenvalue weighted by molar-refractivity contribution is 7.90. The zero-order valence-electron chi connectivity index (χ0n) is 11.2. The summed E-state index contributed by atoms with van der Waals surface area (Å²) in [4.78, 5) is 0.396. The molecule has 1 atom stereocenters. The molecule has 1 fully saturated rings. The van der Waals surface area contributed by atoms with Gasteiger partial charge in [0.15, 0.2) is 9.84 Å². The van der Waals surface area contributed by atoms with E-state index in [1.165, 1.54) is 19.1 Å². The minimum Gasteiger partial charge on any atom is -0.381 e. The first-order chi connectivity index (χ1) is 8.31. The highest BCUT2D eigenvalue weighted by Crippen LogP contribution is 2.39. The second-order valence-electron chi connectivity index (χ2n) is 5.85. The van der Waals surface area contributed by atoms with Crippen molar-refractivity contribution in [3.63, 3.8) is 0 Å². The van der Waals surface area contributed by atoms with Gasteiger partial charge in [-0.3, -0.25) is 0 Å². The van der Waals surface area contributed by atoms with Crippen LogP contribution in [0.4, 0.5) is 5.69 Å². The van der Waals surface area contributed by atoms with Gasteiger partial charge in [0.25, 0.3) is 0 Å². The van der Waals surface area contributed by atoms with Crippen LogP contribution in [-0.4, -0.2) is 20.7 Å². The van der Waals surface area contributed by atoms with Crippen LogP contribution in [0.15, 0.2) is 29.2 Å². The van der Waals surface area contributed by atoms with E-state index in [0.29, 0.717) is 10.9 Å². The van der Waals surface area contributed by atoms with Gasteiger partial charge >= 0.3 is 0 Å². The summed E-state index contributed by atoms with van der Waals surface area (Å²) in [5.41, 5.74) is 0.963. The van der Waals surface area contributed by atoms with E-state index >= 15 is 0 Å². The van der Waals surface area contributed by atoms with Gasteiger partial charge < -0.3 is 5.32 Å². The first-order valence-corrected chi connectivity index (χ1v) is 8.25. The van der Waals surface area contributed by atoms with Crippen molar-refractivity contribution in [2.24, 2.45) is 5.41 Å². The molecule has 0 spiro atoms. The number of benzene rings is 1. The Bertz CT molecular complexity index is 534. The standard InChI is InChI=1S/C14H21NO2S/c1-14(2)10-6-9-13(14)15-11-7-4-5-8-12(11)18(3,16)17/h4-5,7-8,13,15H,6,9-10H2,1-3H3. The van der Waals surface area contributed by atoms with Gasteiger partial charge in [0.05, 0.1) is 10.6 Å². The molecule has 0 aromatic heterocycles. The third-order valence-electron chi connectivity index (χ3n) is 3.87. The molecule has 0 aliphatic heterocycles. The van der Waals surface area contributed by atoms with Crippen molar-refractivity contribution >= 4 is 15.5 Å². The van der Waals surface area contributed by atoms with Gasteiger partial charge in [0, 0.05) is 12.3 Å². The minimum atomic E-state index is -3.17. The van der Waals surface area contributed by atoms with E-state index in [-0.39, 0.29) is 5.41 Å². The summed E-state index contributed by atoms with van der Waals surface area (Å²) in [6, 6.07) is 7.51. The minimum absolute atomic E-state index is 0.227. The topological polar surface area (TPSA) is 46.2 Å². The second-order valence-corrected chi connectivity index (χ2v) is 7.83. The lowest BCUT2D eigenvalue weighted by Gasteiger charge is -2.29. The number of hydrogen-bond donors (Lipinski definition) is 1. The van der Waals surface area contributed by atoms with Crippen LogP contribution in [0.1, 0.15) is 33.1 Å². The lowest BCUT2D eigenvalue weighted by molar-refractivity contribution is 0.349. The van der Waals surface area contributed by atoms with Crippen LogP contribution in [0.2, 0.25) is 0 Å². The molecule has 1 unspecified atom stereocenters. The highest BCUT2D eigenvalue weighted by atomic mass is 32.2. The first kappa shape index (κ1) is 13.4. The second kappa shape index (κ2) is 4.57. The summed E-state index contributed by atoms with van der Waals surface area (Å²) in [6.45, 7) is 4.47. The van der Waals surface area contributed by atoms with Gasteiger partial charge in [0.2, 0.25) is 0 Å². The molecule has 0 heterocycles. The van der Waals surface area contributed by atoms with Crippen LogP contribution in [0.25, 0.3) is 0 Å². The molecular weight excluding hydrogens is 246 g/mol. The molecule has 1 N–H and O–H groups in total. The van der Waals surface area contributed by atoms with Gasteiger partial charge in [-0.15, -0.1) is 0 Å². The van der Waals surface area contributed by atoms with Gasteiger partial charge in [-0.1, -0.05) is 32.4 Å². The summed E-state index contributed by atoms with van der Waals surface area (Å²) in [5, 5.41) is 3.43. The fourth-order valence-electron chi connectivity index (χ4n) is 2.69. The Hall–Kier alpha value is -1.03. The average molecular weight is 267 g/mol. The summed E-state index contributed by atoms with van der Waals surface area (Å²) >= 11 is 0. The Morgan fingerprint density at radius 2 is 1.94 bits per heavy atom. The number of para-hydroxylation sites is 1. The summed E-state index contributed by atoms with van der Waals surface area (Å²) in [5.74, 6) is 0. The van der Waals surface area contributed by atoms with E-state index in [0.717, 1.165) is 12.1 Å². The lowest BCUT2D eigenvalue weighted by Crippen LogP contribution is -2.31. The maximum atomic E-state index is 11.7. The van der Waals surface area contributed by atoms with Crippen LogP contribution in [-0.2, 0) is 9.84 Å². The summed E-state index contributed by atoms with van der Waals surface area (Å²) < 4.78 is 23.5. The molecule has 1 saturated carbocycles. The molecule has 1 aromatic carbocycles. The maximum absolute atomic E-state index is 11.7. The zero-order valence-corrected chi connectivity index (χ0v) is 12.0. The number of sulfone groups is 1. The molecule has 1 aromatic rings. The molecule has 0 amide bonds. The normalized spacial score (nSPS) is 22.9. The van der Waals surface area contributed by atoms with E-state index in [4.69, 9.17) is 0 Å². The molecule has 2 rings (SSSR count). The third-order valence-corrected chi connectivity index (χ3v) is 5.03. The van der Waals surface area contributed by atoms with Crippen LogP contribution < -0.4 is 5.32 Å². The van der Waals surface area contributed by atoms with Gasteiger partial charge in [0.1, 0.15) is 0 Å². The molecule has 18 heavy (non-hydrogen) atoms. The first-order valence-electron chi connectivity index (χ1n) is 6.36. The molecule has 4 heteroatoms. The van der Waals surface area contributed by atoms with E-state index in [9.17, 15) is 8.42 Å². The molecule has 0 radical (unpaired) electrons. The van der Waals surface area contributed by atoms with Crippen molar-refractivity contribution in [2.45, 2.75) is 44.0 Å². The zero-order chi connectivity index (χ0) is 13.4. The van der Waals surface area contributed by atoms with Crippen LogP contribution in [0, 0.1) is 5.41 Å². The van der Waals surface area contributed by atoms with Crippen molar-refractivity contribution in [2.75, 3.05) is 11.6 Å². The van der Waals surface area contributed by atoms with Crippen molar-refractivity contribution in [1.29, 1.82) is 0 Å². The summed E-state index contributed by atoms with van der Waals surface area (Å²) in [6.07, 6.45) is 4.75. The predicted octanol–water partition coefficient (Wildman–Crippen LogP) is 3.08. The molecule has 0 bridgehead atoms. The van der Waals surface area contributed by atoms with Crippen LogP contribution >= 0.6 is 0 Å². The van der Waals surface area contributed by atoms with Gasteiger partial charge in [-0.25, -0.2) is 8.42 Å². The quantitative estimate of drug-likeness (QED) is 0.915. The van der Waals surface area contributed by atoms with Crippen molar-refractivity contribution in [1.82, 2.24) is 0 Å². The Morgan fingerprint density at radius 3 is 2.50 bits per heavy atom. The van der Waals surface area contributed by atoms with E-state index < -0.39 is 9.84 Å². The van der Waals surface area contributed by atoms with Gasteiger partial charge in [-0.05, 0) is 30.4 Å². The molecule has 100 valence electrons. The molecule has 1 aliphatic carbocycles.